The Bertz CT molecular complexity index is 1480. The van der Waals surface area contributed by atoms with Gasteiger partial charge in [0, 0.05) is 17.7 Å². The molecule has 1 saturated heterocycles. The number of nitrogens with zero attached hydrogens (tertiary/aromatic N) is 3. The molecule has 0 saturated carbocycles. The number of aromatic hydroxyl groups is 1. The quantitative estimate of drug-likeness (QED) is 0.415. The molecule has 0 spiro atoms. The number of anilines is 3. The van der Waals surface area contributed by atoms with Crippen LogP contribution in [0.25, 0.3) is 0 Å². The van der Waals surface area contributed by atoms with Crippen LogP contribution >= 0.6 is 11.8 Å². The Labute approximate surface area is 222 Å². The first-order valence-electron chi connectivity index (χ1n) is 11.6. The summed E-state index contributed by atoms with van der Waals surface area (Å²) in [6.07, 6.45) is -0.109. The molecule has 2 aliphatic heterocycles. The number of phenolic OH excluding ortho intramolecular Hbond substituents is 1. The molecule has 1 unspecified atom stereocenters. The zero-order valence-corrected chi connectivity index (χ0v) is 21.3. The smallest absolute Gasteiger partial charge is 0.276 e. The molecule has 0 bridgehead atoms. The van der Waals surface area contributed by atoms with Gasteiger partial charge >= 0.3 is 0 Å². The lowest BCUT2D eigenvalue weighted by Gasteiger charge is -2.16. The first kappa shape index (κ1) is 25.0. The summed E-state index contributed by atoms with van der Waals surface area (Å²) in [4.78, 5) is 40.1. The minimum Gasteiger partial charge on any atom is -0.508 e. The third-order valence-electron chi connectivity index (χ3n) is 5.92. The van der Waals surface area contributed by atoms with Crippen molar-refractivity contribution in [3.63, 3.8) is 0 Å². The summed E-state index contributed by atoms with van der Waals surface area (Å²) in [5, 5.41) is 23.2. The summed E-state index contributed by atoms with van der Waals surface area (Å²) in [6.45, 7) is 1.91. The average molecular weight is 530 g/mol. The van der Waals surface area contributed by atoms with Crippen LogP contribution < -0.4 is 20.3 Å². The van der Waals surface area contributed by atoms with Crippen LogP contribution in [0.2, 0.25) is 0 Å². The molecule has 0 aliphatic carbocycles. The van der Waals surface area contributed by atoms with Crippen molar-refractivity contribution in [2.75, 3.05) is 22.6 Å². The maximum atomic E-state index is 13.4. The summed E-state index contributed by atoms with van der Waals surface area (Å²) < 4.78 is 5.13. The number of carbonyl (C=O) groups excluding carboxylic acids is 3. The number of hydrogen-bond donors (Lipinski definition) is 3. The van der Waals surface area contributed by atoms with Gasteiger partial charge in [0.1, 0.15) is 16.7 Å². The van der Waals surface area contributed by atoms with Crippen LogP contribution in [0.4, 0.5) is 17.1 Å². The molecule has 0 aromatic heterocycles. The largest absolute Gasteiger partial charge is 0.508 e. The zero-order chi connectivity index (χ0) is 26.8. The van der Waals surface area contributed by atoms with Crippen LogP contribution in [-0.4, -0.2) is 46.1 Å². The fourth-order valence-electron chi connectivity index (χ4n) is 4.02. The molecule has 10 nitrogen and oxygen atoms in total. The zero-order valence-electron chi connectivity index (χ0n) is 20.5. The molecule has 3 aromatic carbocycles. The van der Waals surface area contributed by atoms with Crippen LogP contribution in [0, 0.1) is 6.92 Å². The van der Waals surface area contributed by atoms with Gasteiger partial charge < -0.3 is 20.5 Å². The van der Waals surface area contributed by atoms with E-state index in [9.17, 15) is 19.5 Å². The molecule has 1 atom stereocenters. The number of aryl methyl sites for hydroxylation is 1. The van der Waals surface area contributed by atoms with Crippen LogP contribution in [0.5, 0.6) is 11.5 Å². The number of thioether (sulfide) groups is 1. The van der Waals surface area contributed by atoms with Crippen LogP contribution in [0.15, 0.2) is 76.9 Å². The van der Waals surface area contributed by atoms with Crippen molar-refractivity contribution >= 4 is 57.4 Å². The summed E-state index contributed by atoms with van der Waals surface area (Å²) in [5.41, 5.74) is 3.38. The summed E-state index contributed by atoms with van der Waals surface area (Å²) >= 11 is 1.08. The third kappa shape index (κ3) is 5.09. The number of rotatable bonds is 6. The number of ether oxygens (including phenoxy) is 1. The lowest BCUT2D eigenvalue weighted by Crippen LogP contribution is -2.33. The Kier molecular flexibility index (Phi) is 6.84. The summed E-state index contributed by atoms with van der Waals surface area (Å²) in [7, 11) is 1.55. The van der Waals surface area contributed by atoms with Gasteiger partial charge in [0.25, 0.3) is 5.91 Å². The number of benzene rings is 3. The first-order chi connectivity index (χ1) is 18.3. The van der Waals surface area contributed by atoms with E-state index in [1.165, 1.54) is 17.0 Å². The highest BCUT2D eigenvalue weighted by Gasteiger charge is 2.40. The molecule has 3 amide bonds. The van der Waals surface area contributed by atoms with Crippen molar-refractivity contribution in [1.82, 2.24) is 0 Å². The number of nitrogens with one attached hydrogen (secondary N) is 2. The van der Waals surface area contributed by atoms with E-state index < -0.39 is 11.2 Å². The van der Waals surface area contributed by atoms with Gasteiger partial charge in [-0.2, -0.15) is 0 Å². The third-order valence-corrected chi connectivity index (χ3v) is 7.04. The van der Waals surface area contributed by atoms with Gasteiger partial charge in [-0.1, -0.05) is 23.4 Å². The molecule has 38 heavy (non-hydrogen) atoms. The van der Waals surface area contributed by atoms with E-state index in [1.807, 2.05) is 19.1 Å². The van der Waals surface area contributed by atoms with Crippen molar-refractivity contribution in [2.24, 2.45) is 10.2 Å². The summed E-state index contributed by atoms with van der Waals surface area (Å²) in [5.74, 6) is -0.409. The highest BCUT2D eigenvalue weighted by atomic mass is 32.2. The molecule has 5 rings (SSSR count). The summed E-state index contributed by atoms with van der Waals surface area (Å²) in [6, 6.07) is 18.4. The van der Waals surface area contributed by atoms with Crippen molar-refractivity contribution in [2.45, 2.75) is 18.6 Å². The second-order valence-electron chi connectivity index (χ2n) is 8.61. The number of amidine groups is 1. The van der Waals surface area contributed by atoms with Gasteiger partial charge in [-0.25, -0.2) is 0 Å². The van der Waals surface area contributed by atoms with Gasteiger partial charge in [-0.15, -0.1) is 10.2 Å². The minimum absolute atomic E-state index is 0.0387. The molecular formula is C27H23N5O5S. The van der Waals surface area contributed by atoms with Crippen molar-refractivity contribution in [1.29, 1.82) is 0 Å². The van der Waals surface area contributed by atoms with Crippen molar-refractivity contribution < 1.29 is 24.2 Å². The lowest BCUT2D eigenvalue weighted by atomic mass is 10.1. The molecule has 2 aliphatic rings. The Hall–Kier alpha value is -4.64. The fourth-order valence-corrected chi connectivity index (χ4v) is 5.10. The Morgan fingerprint density at radius 1 is 1.08 bits per heavy atom. The molecule has 3 aromatic rings. The number of methoxy groups -OCH3 is 1. The van der Waals surface area contributed by atoms with Crippen LogP contribution in [-0.2, 0) is 14.4 Å². The standard InChI is InChI=1S/C27H23N5O5S/c1-15-3-12-21-20(13-15)24(25(35)29-21)30-31-27-32(17-6-8-18(33)9-7-17)26(36)22(38-27)14-23(34)28-16-4-10-19(37-2)11-5-16/h3-13,22,33H,14H2,1-2H3,(H,28,34)(H,29,30,35). The highest BCUT2D eigenvalue weighted by molar-refractivity contribution is 8.16. The molecule has 11 heteroatoms. The van der Waals surface area contributed by atoms with Crippen molar-refractivity contribution in [3.8, 4) is 11.5 Å². The van der Waals surface area contributed by atoms with E-state index in [0.717, 1.165) is 17.3 Å². The predicted octanol–water partition coefficient (Wildman–Crippen LogP) is 3.90. The second kappa shape index (κ2) is 10.4. The maximum absolute atomic E-state index is 13.4. The van der Waals surface area contributed by atoms with E-state index in [-0.39, 0.29) is 34.9 Å². The topological polar surface area (TPSA) is 133 Å². The molecule has 192 valence electrons. The molecule has 0 radical (unpaired) electrons. The van der Waals surface area contributed by atoms with Gasteiger partial charge in [0.15, 0.2) is 10.9 Å². The average Bonchev–Trinajstić information content (AvgIpc) is 3.38. The minimum atomic E-state index is -0.770. The normalized spacial score (nSPS) is 18.6. The Balaban J connectivity index is 1.42. The highest BCUT2D eigenvalue weighted by Crippen LogP contribution is 2.35. The van der Waals surface area contributed by atoms with E-state index in [2.05, 4.69) is 20.8 Å². The predicted molar refractivity (Wildman–Crippen MR) is 147 cm³/mol. The van der Waals surface area contributed by atoms with Gasteiger partial charge in [0.05, 0.1) is 18.5 Å². The van der Waals surface area contributed by atoms with Gasteiger partial charge in [0.2, 0.25) is 11.8 Å². The molecule has 2 heterocycles. The van der Waals surface area contributed by atoms with E-state index >= 15 is 0 Å². The number of carbonyl (C=O) groups is 3. The first-order valence-corrected chi connectivity index (χ1v) is 12.5. The Morgan fingerprint density at radius 2 is 1.82 bits per heavy atom. The van der Waals surface area contributed by atoms with Gasteiger partial charge in [-0.05, 0) is 67.6 Å². The molecule has 1 fully saturated rings. The SMILES string of the molecule is COc1ccc(NC(=O)CC2SC(=N/N=C3\C(=O)Nc4ccc(C)cc43)N(c3ccc(O)cc3)C2=O)cc1. The lowest BCUT2D eigenvalue weighted by molar-refractivity contribution is -0.121. The second-order valence-corrected chi connectivity index (χ2v) is 9.78. The van der Waals surface area contributed by atoms with Crippen LogP contribution in [0.3, 0.4) is 0 Å². The van der Waals surface area contributed by atoms with E-state index in [1.54, 1.807) is 49.6 Å². The number of phenols is 1. The van der Waals surface area contributed by atoms with Crippen LogP contribution in [0.1, 0.15) is 17.5 Å². The van der Waals surface area contributed by atoms with E-state index in [4.69, 9.17) is 4.74 Å². The maximum Gasteiger partial charge on any atom is 0.276 e. The monoisotopic (exact) mass is 529 g/mol. The number of fused-ring (bicyclic) bond motifs is 1. The number of hydrogen-bond acceptors (Lipinski definition) is 8. The van der Waals surface area contributed by atoms with E-state index in [0.29, 0.717) is 28.4 Å². The van der Waals surface area contributed by atoms with Crippen molar-refractivity contribution in [3.05, 3.63) is 77.9 Å². The molecule has 3 N–H and O–H groups in total. The Morgan fingerprint density at radius 3 is 2.53 bits per heavy atom. The van der Waals surface area contributed by atoms with Gasteiger partial charge in [-0.3, -0.25) is 19.3 Å². The number of amides is 3. The molecular weight excluding hydrogens is 506 g/mol. The fraction of sp³-hybridized carbons (Fsp3) is 0.148.